The summed E-state index contributed by atoms with van der Waals surface area (Å²) in [5, 5.41) is 8.64. The lowest BCUT2D eigenvalue weighted by Crippen LogP contribution is -2.59. The Kier molecular flexibility index (Phi) is 3.53. The summed E-state index contributed by atoms with van der Waals surface area (Å²) in [4.78, 5) is 34.1. The van der Waals surface area contributed by atoms with Gasteiger partial charge in [0.25, 0.3) is 0 Å². The average molecular weight is 286 g/mol. The number of carbonyl (C=O) groups excluding carboxylic acids is 2. The molecule has 2 rings (SSSR count). The van der Waals surface area contributed by atoms with E-state index in [-0.39, 0.29) is 23.4 Å². The zero-order valence-electron chi connectivity index (χ0n) is 9.60. The smallest absolute Gasteiger partial charge is 0.414 e. The van der Waals surface area contributed by atoms with Crippen LogP contribution in [0.2, 0.25) is 5.02 Å². The number of likely N-dealkylation sites (tertiary alicyclic amines) is 1. The van der Waals surface area contributed by atoms with Crippen molar-refractivity contribution in [1.82, 2.24) is 4.90 Å². The zero-order chi connectivity index (χ0) is 14.2. The van der Waals surface area contributed by atoms with Gasteiger partial charge in [-0.1, -0.05) is 23.7 Å². The number of halogens is 2. The van der Waals surface area contributed by atoms with Crippen LogP contribution in [0.5, 0.6) is 0 Å². The van der Waals surface area contributed by atoms with Crippen LogP contribution in [0.4, 0.5) is 9.18 Å². The number of Topliss-reactive ketones (excluding diaryl/α,β-unsaturated/α-hetero) is 1. The van der Waals surface area contributed by atoms with Gasteiger partial charge in [-0.25, -0.2) is 14.1 Å². The fourth-order valence-corrected chi connectivity index (χ4v) is 2.10. The molecule has 0 aliphatic carbocycles. The lowest BCUT2D eigenvalue weighted by atomic mass is 9.94. The molecular formula is C12H9ClFNO4. The number of benzene rings is 1. The summed E-state index contributed by atoms with van der Waals surface area (Å²) < 4.78 is 13.6. The molecule has 2 amide bonds. The predicted molar refractivity (Wildman–Crippen MR) is 63.4 cm³/mol. The number of β-lactam (4-membered cyclic amide) rings is 1. The molecule has 1 aromatic carbocycles. The number of carbonyl (C=O) groups is 3. The lowest BCUT2D eigenvalue weighted by Gasteiger charge is -2.35. The largest absolute Gasteiger partial charge is 0.465 e. The van der Waals surface area contributed by atoms with Gasteiger partial charge in [0, 0.05) is 6.42 Å². The Hall–Kier alpha value is -1.95. The van der Waals surface area contributed by atoms with Crippen LogP contribution in [0.25, 0.3) is 0 Å². The Morgan fingerprint density at radius 1 is 1.47 bits per heavy atom. The number of carboxylic acid groups (broad SMARTS) is 1. The minimum Gasteiger partial charge on any atom is -0.465 e. The maximum absolute atomic E-state index is 13.6. The van der Waals surface area contributed by atoms with Crippen LogP contribution < -0.4 is 0 Å². The van der Waals surface area contributed by atoms with Gasteiger partial charge in [-0.2, -0.15) is 0 Å². The number of nitrogens with zero attached hydrogens (tertiary/aromatic N) is 1. The second-order valence-corrected chi connectivity index (χ2v) is 4.53. The standard InChI is InChI=1S/C12H9ClFNO4/c13-7-3-1-2-6(11(7)14)4-9(16)8-5-10(17)15(8)12(18)19/h1-3,8H,4-5H2,(H,18,19). The van der Waals surface area contributed by atoms with Gasteiger partial charge >= 0.3 is 6.09 Å². The van der Waals surface area contributed by atoms with Crippen LogP contribution in [0, 0.1) is 5.82 Å². The number of hydrogen-bond donors (Lipinski definition) is 1. The lowest BCUT2D eigenvalue weighted by molar-refractivity contribution is -0.149. The Bertz CT molecular complexity index is 567. The van der Waals surface area contributed by atoms with Crippen molar-refractivity contribution < 1.29 is 23.9 Å². The third-order valence-electron chi connectivity index (χ3n) is 2.92. The van der Waals surface area contributed by atoms with Crippen molar-refractivity contribution >= 4 is 29.4 Å². The molecule has 1 saturated heterocycles. The molecule has 0 saturated carbocycles. The molecule has 0 radical (unpaired) electrons. The molecule has 1 N–H and O–H groups in total. The number of amides is 2. The molecule has 1 aromatic rings. The van der Waals surface area contributed by atoms with E-state index in [0.717, 1.165) is 0 Å². The third kappa shape index (κ3) is 2.44. The van der Waals surface area contributed by atoms with Crippen molar-refractivity contribution in [1.29, 1.82) is 0 Å². The zero-order valence-corrected chi connectivity index (χ0v) is 10.4. The first-order chi connectivity index (χ1) is 8.91. The van der Waals surface area contributed by atoms with Crippen LogP contribution in [0.1, 0.15) is 12.0 Å². The summed E-state index contributed by atoms with van der Waals surface area (Å²) in [6.07, 6.45) is -1.93. The van der Waals surface area contributed by atoms with E-state index in [2.05, 4.69) is 0 Å². The van der Waals surface area contributed by atoms with Crippen molar-refractivity contribution in [2.24, 2.45) is 0 Å². The highest BCUT2D eigenvalue weighted by Crippen LogP contribution is 2.24. The van der Waals surface area contributed by atoms with E-state index < -0.39 is 29.6 Å². The Balaban J connectivity index is 2.12. The summed E-state index contributed by atoms with van der Waals surface area (Å²) in [5.74, 6) is -1.86. The topological polar surface area (TPSA) is 74.7 Å². The molecule has 19 heavy (non-hydrogen) atoms. The van der Waals surface area contributed by atoms with Gasteiger partial charge in [-0.3, -0.25) is 9.59 Å². The van der Waals surface area contributed by atoms with Crippen molar-refractivity contribution in [2.45, 2.75) is 18.9 Å². The summed E-state index contributed by atoms with van der Waals surface area (Å²) in [6, 6.07) is 3.21. The van der Waals surface area contributed by atoms with Crippen LogP contribution in [-0.4, -0.2) is 33.8 Å². The molecule has 1 aliphatic rings. The molecule has 1 unspecified atom stereocenters. The highest BCUT2D eigenvalue weighted by molar-refractivity contribution is 6.30. The van der Waals surface area contributed by atoms with Crippen molar-refractivity contribution in [3.63, 3.8) is 0 Å². The first-order valence-electron chi connectivity index (χ1n) is 5.42. The fourth-order valence-electron chi connectivity index (χ4n) is 1.90. The molecule has 100 valence electrons. The molecule has 0 bridgehead atoms. The average Bonchev–Trinajstić information content (AvgIpc) is 2.30. The second kappa shape index (κ2) is 4.97. The molecule has 1 aliphatic heterocycles. The van der Waals surface area contributed by atoms with Gasteiger partial charge in [0.1, 0.15) is 11.9 Å². The molecule has 0 spiro atoms. The van der Waals surface area contributed by atoms with E-state index >= 15 is 0 Å². The molecule has 0 aromatic heterocycles. The summed E-state index contributed by atoms with van der Waals surface area (Å²) in [5.41, 5.74) is 0.0854. The van der Waals surface area contributed by atoms with Crippen LogP contribution in [-0.2, 0) is 16.0 Å². The molecular weight excluding hydrogens is 277 g/mol. The molecule has 1 fully saturated rings. The first kappa shape index (κ1) is 13.5. The van der Waals surface area contributed by atoms with Gasteiger partial charge in [0.2, 0.25) is 5.91 Å². The van der Waals surface area contributed by atoms with E-state index in [0.29, 0.717) is 4.90 Å². The molecule has 1 heterocycles. The van der Waals surface area contributed by atoms with Crippen molar-refractivity contribution in [3.05, 3.63) is 34.6 Å². The van der Waals surface area contributed by atoms with Crippen LogP contribution in [0.15, 0.2) is 18.2 Å². The Morgan fingerprint density at radius 3 is 2.74 bits per heavy atom. The number of ketones is 1. The molecule has 1 atom stereocenters. The Morgan fingerprint density at radius 2 is 2.16 bits per heavy atom. The second-order valence-electron chi connectivity index (χ2n) is 4.12. The van der Waals surface area contributed by atoms with E-state index in [4.69, 9.17) is 16.7 Å². The molecule has 5 nitrogen and oxygen atoms in total. The predicted octanol–water partition coefficient (Wildman–Crippen LogP) is 1.87. The number of rotatable bonds is 3. The minimum atomic E-state index is -1.47. The van der Waals surface area contributed by atoms with Gasteiger partial charge < -0.3 is 5.11 Å². The molecule has 7 heteroatoms. The SMILES string of the molecule is O=C(Cc1cccc(Cl)c1F)C1CC(=O)N1C(=O)O. The maximum Gasteiger partial charge on any atom is 0.414 e. The van der Waals surface area contributed by atoms with Gasteiger partial charge in [0.05, 0.1) is 11.4 Å². The van der Waals surface area contributed by atoms with Crippen molar-refractivity contribution in [3.8, 4) is 0 Å². The van der Waals surface area contributed by atoms with E-state index in [9.17, 15) is 18.8 Å². The van der Waals surface area contributed by atoms with E-state index in [1.54, 1.807) is 0 Å². The minimum absolute atomic E-state index is 0.0854. The number of imide groups is 1. The first-order valence-corrected chi connectivity index (χ1v) is 5.80. The van der Waals surface area contributed by atoms with Crippen LogP contribution >= 0.6 is 11.6 Å². The normalized spacial score (nSPS) is 18.1. The fraction of sp³-hybridized carbons (Fsp3) is 0.250. The van der Waals surface area contributed by atoms with Gasteiger partial charge in [0.15, 0.2) is 5.78 Å². The summed E-state index contributed by atoms with van der Waals surface area (Å²) in [6.45, 7) is 0. The highest BCUT2D eigenvalue weighted by Gasteiger charge is 2.45. The summed E-state index contributed by atoms with van der Waals surface area (Å²) in [7, 11) is 0. The van der Waals surface area contributed by atoms with Gasteiger partial charge in [-0.05, 0) is 11.6 Å². The van der Waals surface area contributed by atoms with Gasteiger partial charge in [-0.15, -0.1) is 0 Å². The van der Waals surface area contributed by atoms with Crippen LogP contribution in [0.3, 0.4) is 0 Å². The van der Waals surface area contributed by atoms with Crippen molar-refractivity contribution in [2.75, 3.05) is 0 Å². The maximum atomic E-state index is 13.6. The number of hydrogen-bond acceptors (Lipinski definition) is 3. The Labute approximate surface area is 112 Å². The van der Waals surface area contributed by atoms with E-state index in [1.807, 2.05) is 0 Å². The third-order valence-corrected chi connectivity index (χ3v) is 3.21. The quantitative estimate of drug-likeness (QED) is 0.860. The summed E-state index contributed by atoms with van der Waals surface area (Å²) >= 11 is 5.58. The van der Waals surface area contributed by atoms with E-state index in [1.165, 1.54) is 18.2 Å². The monoisotopic (exact) mass is 285 g/mol. The highest BCUT2D eigenvalue weighted by atomic mass is 35.5.